The van der Waals surface area contributed by atoms with Crippen LogP contribution in [0.3, 0.4) is 0 Å². The third-order valence-corrected chi connectivity index (χ3v) is 7.70. The molecule has 2 aromatic heterocycles. The van der Waals surface area contributed by atoms with Crippen LogP contribution in [0.25, 0.3) is 21.8 Å². The molecule has 0 unspecified atom stereocenters. The Kier molecular flexibility index (Phi) is 5.05. The van der Waals surface area contributed by atoms with Crippen molar-refractivity contribution in [3.05, 3.63) is 101 Å². The standard InChI is InChI=1S/C26H18N4OS2/c31-25-20-3-1-2-4-23(20)33-24-10-5-16(14-22(24)29-25)13-19-15-27-26(32-19)18-8-6-17(7-9-18)21-11-12-28-30-21/h1-12,14-15H,13H2,(H,28,30)(H,29,31). The third-order valence-electron chi connectivity index (χ3n) is 5.50. The van der Waals surface area contributed by atoms with Gasteiger partial charge in [-0.25, -0.2) is 4.98 Å². The number of carbonyl (C=O) groups is 1. The molecule has 0 radical (unpaired) electrons. The largest absolute Gasteiger partial charge is 0.321 e. The van der Waals surface area contributed by atoms with Gasteiger partial charge in [-0.05, 0) is 35.9 Å². The smallest absolute Gasteiger partial charge is 0.256 e. The Morgan fingerprint density at radius 3 is 2.58 bits per heavy atom. The van der Waals surface area contributed by atoms with Crippen molar-refractivity contribution < 1.29 is 4.79 Å². The van der Waals surface area contributed by atoms with Gasteiger partial charge in [0.25, 0.3) is 5.91 Å². The molecular weight excluding hydrogens is 448 g/mol. The second-order valence-electron chi connectivity index (χ2n) is 7.73. The molecule has 0 saturated heterocycles. The summed E-state index contributed by atoms with van der Waals surface area (Å²) in [6.45, 7) is 0. The number of amides is 1. The number of nitrogens with one attached hydrogen (secondary N) is 2. The topological polar surface area (TPSA) is 70.7 Å². The van der Waals surface area contributed by atoms with Gasteiger partial charge in [0, 0.05) is 44.6 Å². The molecule has 0 aliphatic carbocycles. The van der Waals surface area contributed by atoms with Crippen LogP contribution in [0.15, 0.2) is 95.0 Å². The fourth-order valence-electron chi connectivity index (χ4n) is 3.85. The first-order valence-electron chi connectivity index (χ1n) is 10.5. The Labute approximate surface area is 198 Å². The average Bonchev–Trinajstić information content (AvgIpc) is 3.51. The molecule has 0 saturated carbocycles. The highest BCUT2D eigenvalue weighted by molar-refractivity contribution is 7.99. The van der Waals surface area contributed by atoms with Gasteiger partial charge in [0.2, 0.25) is 0 Å². The van der Waals surface area contributed by atoms with Crippen LogP contribution in [-0.2, 0) is 6.42 Å². The maximum absolute atomic E-state index is 12.7. The number of rotatable bonds is 4. The third kappa shape index (κ3) is 3.97. The van der Waals surface area contributed by atoms with Gasteiger partial charge in [0.1, 0.15) is 5.01 Å². The lowest BCUT2D eigenvalue weighted by atomic mass is 10.1. The summed E-state index contributed by atoms with van der Waals surface area (Å²) >= 11 is 3.31. The fourth-order valence-corrected chi connectivity index (χ4v) is 5.82. The summed E-state index contributed by atoms with van der Waals surface area (Å²) < 4.78 is 0. The van der Waals surface area contributed by atoms with Crippen molar-refractivity contribution in [3.8, 4) is 21.8 Å². The van der Waals surface area contributed by atoms with E-state index in [-0.39, 0.29) is 5.91 Å². The lowest BCUT2D eigenvalue weighted by molar-refractivity contribution is 0.102. The number of nitrogens with zero attached hydrogens (tertiary/aromatic N) is 2. The molecule has 6 rings (SSSR count). The number of anilines is 1. The van der Waals surface area contributed by atoms with Crippen LogP contribution in [0.2, 0.25) is 0 Å². The van der Waals surface area contributed by atoms with Gasteiger partial charge in [-0.2, -0.15) is 5.10 Å². The molecule has 1 amide bonds. The summed E-state index contributed by atoms with van der Waals surface area (Å²) in [5.41, 5.74) is 5.81. The van der Waals surface area contributed by atoms with E-state index in [9.17, 15) is 4.79 Å². The predicted octanol–water partition coefficient (Wildman–Crippen LogP) is 6.51. The Morgan fingerprint density at radius 2 is 1.73 bits per heavy atom. The van der Waals surface area contributed by atoms with E-state index in [1.54, 1.807) is 23.1 Å². The van der Waals surface area contributed by atoms with Crippen molar-refractivity contribution in [3.63, 3.8) is 0 Å². The van der Waals surface area contributed by atoms with Crippen LogP contribution < -0.4 is 5.32 Å². The van der Waals surface area contributed by atoms with Crippen molar-refractivity contribution in [2.45, 2.75) is 16.2 Å². The monoisotopic (exact) mass is 466 g/mol. The molecule has 0 fully saturated rings. The normalized spacial score (nSPS) is 12.5. The molecule has 1 aliphatic heterocycles. The summed E-state index contributed by atoms with van der Waals surface area (Å²) in [6, 6.07) is 24.3. The van der Waals surface area contributed by atoms with Crippen molar-refractivity contribution in [2.24, 2.45) is 0 Å². The molecule has 0 bridgehead atoms. The second kappa shape index (κ2) is 8.35. The molecule has 5 nitrogen and oxygen atoms in total. The first kappa shape index (κ1) is 20.0. The van der Waals surface area contributed by atoms with Crippen LogP contribution in [0, 0.1) is 0 Å². The van der Waals surface area contributed by atoms with Crippen molar-refractivity contribution in [2.75, 3.05) is 5.32 Å². The van der Waals surface area contributed by atoms with E-state index in [0.29, 0.717) is 5.56 Å². The van der Waals surface area contributed by atoms with Gasteiger partial charge in [-0.1, -0.05) is 54.2 Å². The Hall–Kier alpha value is -3.68. The zero-order valence-electron chi connectivity index (χ0n) is 17.4. The quantitative estimate of drug-likeness (QED) is 0.317. The van der Waals surface area contributed by atoms with E-state index >= 15 is 0 Å². The Balaban J connectivity index is 1.21. The van der Waals surface area contributed by atoms with Crippen molar-refractivity contribution in [1.29, 1.82) is 0 Å². The number of hydrogen-bond donors (Lipinski definition) is 2. The summed E-state index contributed by atoms with van der Waals surface area (Å²) in [7, 11) is 0. The van der Waals surface area contributed by atoms with E-state index in [1.807, 2.05) is 42.7 Å². The van der Waals surface area contributed by atoms with Gasteiger partial charge >= 0.3 is 0 Å². The van der Waals surface area contributed by atoms with Crippen molar-refractivity contribution >= 4 is 34.7 Å². The van der Waals surface area contributed by atoms with E-state index in [1.165, 1.54) is 4.88 Å². The van der Waals surface area contributed by atoms with E-state index in [0.717, 1.165) is 49.3 Å². The molecule has 2 N–H and O–H groups in total. The van der Waals surface area contributed by atoms with Gasteiger partial charge in [-0.15, -0.1) is 11.3 Å². The van der Waals surface area contributed by atoms with Gasteiger partial charge < -0.3 is 5.32 Å². The molecule has 1 aliphatic rings. The highest BCUT2D eigenvalue weighted by atomic mass is 32.2. The predicted molar refractivity (Wildman–Crippen MR) is 133 cm³/mol. The molecular formula is C26H18N4OS2. The zero-order valence-corrected chi connectivity index (χ0v) is 19.0. The number of fused-ring (bicyclic) bond motifs is 2. The number of H-pyrrole nitrogens is 1. The Bertz CT molecular complexity index is 1460. The summed E-state index contributed by atoms with van der Waals surface area (Å²) in [5.74, 6) is -0.0626. The zero-order chi connectivity index (χ0) is 22.2. The molecule has 3 aromatic carbocycles. The second-order valence-corrected chi connectivity index (χ2v) is 9.93. The minimum absolute atomic E-state index is 0.0626. The number of hydrogen-bond acceptors (Lipinski definition) is 5. The van der Waals surface area contributed by atoms with E-state index in [4.69, 9.17) is 0 Å². The SMILES string of the molecule is O=C1Nc2cc(Cc3cnc(-c4ccc(-c5cc[nH]n5)cc4)s3)ccc2Sc2ccccc21. The van der Waals surface area contributed by atoms with Crippen LogP contribution in [0.1, 0.15) is 20.8 Å². The lowest BCUT2D eigenvalue weighted by Gasteiger charge is -2.08. The highest BCUT2D eigenvalue weighted by Gasteiger charge is 2.20. The Morgan fingerprint density at radius 1 is 0.879 bits per heavy atom. The van der Waals surface area contributed by atoms with Gasteiger partial charge in [0.05, 0.1) is 16.9 Å². The summed E-state index contributed by atoms with van der Waals surface area (Å²) in [4.78, 5) is 20.5. The minimum Gasteiger partial charge on any atom is -0.321 e. The molecule has 0 spiro atoms. The van der Waals surface area contributed by atoms with Gasteiger partial charge in [-0.3, -0.25) is 9.89 Å². The first-order valence-corrected chi connectivity index (χ1v) is 12.1. The number of aromatic amines is 1. The summed E-state index contributed by atoms with van der Waals surface area (Å²) in [5, 5.41) is 11.1. The molecule has 5 aromatic rings. The average molecular weight is 467 g/mol. The highest BCUT2D eigenvalue weighted by Crippen LogP contribution is 2.39. The van der Waals surface area contributed by atoms with E-state index in [2.05, 4.69) is 63.0 Å². The number of thiazole rings is 1. The lowest BCUT2D eigenvalue weighted by Crippen LogP contribution is -2.11. The van der Waals surface area contributed by atoms with Crippen LogP contribution in [-0.4, -0.2) is 21.1 Å². The number of benzene rings is 3. The minimum atomic E-state index is -0.0626. The maximum Gasteiger partial charge on any atom is 0.256 e. The molecule has 0 atom stereocenters. The molecule has 160 valence electrons. The van der Waals surface area contributed by atoms with Crippen LogP contribution in [0.4, 0.5) is 5.69 Å². The van der Waals surface area contributed by atoms with Crippen LogP contribution >= 0.6 is 23.1 Å². The molecule has 7 heteroatoms. The number of carbonyl (C=O) groups excluding carboxylic acids is 1. The number of aromatic nitrogens is 3. The maximum atomic E-state index is 12.7. The molecule has 3 heterocycles. The fraction of sp³-hybridized carbons (Fsp3) is 0.0385. The van der Waals surface area contributed by atoms with Crippen molar-refractivity contribution in [1.82, 2.24) is 15.2 Å². The van der Waals surface area contributed by atoms with Gasteiger partial charge in [0.15, 0.2) is 0 Å². The first-order chi connectivity index (χ1) is 16.2. The summed E-state index contributed by atoms with van der Waals surface area (Å²) in [6.07, 6.45) is 4.53. The van der Waals surface area contributed by atoms with E-state index < -0.39 is 0 Å². The van der Waals surface area contributed by atoms with Crippen LogP contribution in [0.5, 0.6) is 0 Å². The molecule has 33 heavy (non-hydrogen) atoms.